The lowest BCUT2D eigenvalue weighted by atomic mass is 9.70. The van der Waals surface area contributed by atoms with Gasteiger partial charge in [0.05, 0.1) is 12.8 Å². The third kappa shape index (κ3) is 2.85. The molecule has 3 unspecified atom stereocenters. The van der Waals surface area contributed by atoms with Crippen LogP contribution in [0.4, 0.5) is 5.69 Å². The minimum absolute atomic E-state index is 0.130. The largest absolute Gasteiger partial charge is 0.480 e. The number of hydrogen-bond acceptors (Lipinski definition) is 3. The molecular weight excluding hydrogens is 324 g/mol. The first-order chi connectivity index (χ1) is 11.5. The van der Waals surface area contributed by atoms with Crippen molar-refractivity contribution in [2.75, 3.05) is 7.11 Å². The molecule has 3 atom stereocenters. The molecule has 1 aromatic rings. The van der Waals surface area contributed by atoms with Gasteiger partial charge in [-0.1, -0.05) is 50.3 Å². The van der Waals surface area contributed by atoms with Crippen LogP contribution in [0.5, 0.6) is 0 Å². The molecule has 0 aromatic heterocycles. The van der Waals surface area contributed by atoms with E-state index in [4.69, 9.17) is 9.20 Å². The van der Waals surface area contributed by atoms with Crippen molar-refractivity contribution in [2.24, 2.45) is 15.7 Å². The summed E-state index contributed by atoms with van der Waals surface area (Å²) in [7, 11) is 0.738. The maximum absolute atomic E-state index is 12.0. The predicted octanol–water partition coefficient (Wildman–Crippen LogP) is 3.85. The number of rotatable bonds is 3. The molecule has 1 N–H and O–H groups in total. The molecule has 0 amide bonds. The molecule has 2 aliphatic rings. The smallest absolute Gasteiger partial charge is 0.325 e. The third-order valence-corrected chi connectivity index (χ3v) is 6.60. The van der Waals surface area contributed by atoms with E-state index in [1.807, 2.05) is 50.3 Å². The van der Waals surface area contributed by atoms with E-state index in [2.05, 4.69) is 12.2 Å². The van der Waals surface area contributed by atoms with Crippen molar-refractivity contribution in [3.8, 4) is 0 Å². The van der Waals surface area contributed by atoms with Crippen LogP contribution in [0.2, 0.25) is 0 Å². The molecule has 24 heavy (non-hydrogen) atoms. The van der Waals surface area contributed by atoms with Gasteiger partial charge in [-0.15, -0.1) is 4.47 Å². The minimum Gasteiger partial charge on any atom is -0.480 e. The molecule has 1 aliphatic heterocycles. The van der Waals surface area contributed by atoms with E-state index in [9.17, 15) is 9.90 Å². The quantitative estimate of drug-likeness (QED) is 0.903. The lowest BCUT2D eigenvalue weighted by Gasteiger charge is -2.50. The summed E-state index contributed by atoms with van der Waals surface area (Å²) in [6, 6.07) is 8.87. The van der Waals surface area contributed by atoms with E-state index in [-0.39, 0.29) is 5.92 Å². The van der Waals surface area contributed by atoms with E-state index < -0.39 is 28.3 Å². The Labute approximate surface area is 144 Å². The lowest BCUT2D eigenvalue weighted by molar-refractivity contribution is -0.169. The fourth-order valence-corrected chi connectivity index (χ4v) is 5.67. The van der Waals surface area contributed by atoms with Gasteiger partial charge >= 0.3 is 5.97 Å². The number of fused-ring (bicyclic) bond motifs is 1. The predicted molar refractivity (Wildman–Crippen MR) is 95.3 cm³/mol. The van der Waals surface area contributed by atoms with Gasteiger partial charge in [-0.3, -0.25) is 9.63 Å². The fourth-order valence-electron chi connectivity index (χ4n) is 3.40. The van der Waals surface area contributed by atoms with Crippen LogP contribution >= 0.6 is 0 Å². The number of benzene rings is 1. The van der Waals surface area contributed by atoms with Crippen molar-refractivity contribution in [3.05, 3.63) is 53.5 Å². The van der Waals surface area contributed by atoms with Gasteiger partial charge in [0.1, 0.15) is 0 Å². The summed E-state index contributed by atoms with van der Waals surface area (Å²) in [5.41, 5.74) is 0.356. The summed E-state index contributed by atoms with van der Waals surface area (Å²) in [4.78, 5) is 18.7. The minimum atomic E-state index is -0.879. The zero-order valence-electron chi connectivity index (χ0n) is 14.0. The van der Waals surface area contributed by atoms with E-state index in [0.717, 1.165) is 17.0 Å². The Kier molecular flexibility index (Phi) is 4.71. The van der Waals surface area contributed by atoms with Crippen molar-refractivity contribution in [2.45, 2.75) is 26.3 Å². The zero-order chi connectivity index (χ0) is 17.3. The van der Waals surface area contributed by atoms with Crippen molar-refractivity contribution in [3.63, 3.8) is 0 Å². The highest BCUT2D eigenvalue weighted by Gasteiger charge is 2.53. The molecule has 0 saturated carbocycles. The molecule has 0 spiro atoms. The van der Waals surface area contributed by atoms with Gasteiger partial charge in [0.2, 0.25) is 0 Å². The van der Waals surface area contributed by atoms with Gasteiger partial charge in [-0.05, 0) is 18.6 Å². The summed E-state index contributed by atoms with van der Waals surface area (Å²) in [6.07, 6.45) is 7.02. The average molecular weight is 346 g/mol. The Bertz CT molecular complexity index is 725. The van der Waals surface area contributed by atoms with Crippen molar-refractivity contribution >= 4 is 22.5 Å². The standard InChI is InChI=1S/C18H22N2O3S/c1-18(2)14-11-7-8-12-15(14)24(19-13-9-5-4-6-10-13)20(23-3)16(18)17(21)22/h4-10,12,14,16H,11H2,1-3H3,(H,21,22). The molecule has 1 aromatic carbocycles. The van der Waals surface area contributed by atoms with Crippen molar-refractivity contribution < 1.29 is 14.7 Å². The maximum Gasteiger partial charge on any atom is 0.325 e. The Morgan fingerprint density at radius 3 is 2.71 bits per heavy atom. The molecule has 1 aliphatic carbocycles. The first kappa shape index (κ1) is 17.1. The molecular formula is C18H22N2O3S. The third-order valence-electron chi connectivity index (χ3n) is 4.67. The highest BCUT2D eigenvalue weighted by Crippen LogP contribution is 2.49. The van der Waals surface area contributed by atoms with Crippen LogP contribution in [-0.4, -0.2) is 28.7 Å². The van der Waals surface area contributed by atoms with Crippen LogP contribution in [0.15, 0.2) is 57.8 Å². The molecule has 3 rings (SSSR count). The molecule has 0 radical (unpaired) electrons. The SMILES string of the molecule is CON1C(C(=O)O)C(C)(C)C2CC=CC=C2S1=Nc1ccccc1. The number of hydroxylamine groups is 1. The summed E-state index contributed by atoms with van der Waals surface area (Å²) < 4.78 is 6.37. The number of carboxylic acid groups (broad SMARTS) is 1. The van der Waals surface area contributed by atoms with Gasteiger partial charge in [-0.25, -0.2) is 4.36 Å². The highest BCUT2D eigenvalue weighted by molar-refractivity contribution is 7.89. The van der Waals surface area contributed by atoms with Crippen LogP contribution in [-0.2, 0) is 20.5 Å². The summed E-state index contributed by atoms with van der Waals surface area (Å²) in [5, 5.41) is 9.85. The Hall–Kier alpha value is -1.76. The van der Waals surface area contributed by atoms with Crippen LogP contribution in [0.1, 0.15) is 20.3 Å². The number of allylic oxidation sites excluding steroid dienone is 4. The number of aliphatic carboxylic acids is 1. The van der Waals surface area contributed by atoms with Crippen LogP contribution in [0.25, 0.3) is 0 Å². The second-order valence-electron chi connectivity index (χ2n) is 6.51. The van der Waals surface area contributed by atoms with Crippen LogP contribution < -0.4 is 0 Å². The molecule has 1 heterocycles. The Balaban J connectivity index is 2.17. The molecule has 6 heteroatoms. The van der Waals surface area contributed by atoms with E-state index in [0.29, 0.717) is 0 Å². The molecule has 5 nitrogen and oxygen atoms in total. The van der Waals surface area contributed by atoms with E-state index in [1.54, 1.807) is 4.47 Å². The maximum atomic E-state index is 12.0. The van der Waals surface area contributed by atoms with Gasteiger partial charge in [0, 0.05) is 27.1 Å². The second kappa shape index (κ2) is 6.63. The van der Waals surface area contributed by atoms with Gasteiger partial charge in [0.15, 0.2) is 6.04 Å². The van der Waals surface area contributed by atoms with Crippen LogP contribution in [0.3, 0.4) is 0 Å². The normalized spacial score (nSPS) is 29.1. The fraction of sp³-hybridized carbons (Fsp3) is 0.389. The first-order valence-corrected chi connectivity index (χ1v) is 9.05. The Morgan fingerprint density at radius 1 is 1.38 bits per heavy atom. The van der Waals surface area contributed by atoms with E-state index >= 15 is 0 Å². The molecule has 1 saturated heterocycles. The van der Waals surface area contributed by atoms with Gasteiger partial charge in [-0.2, -0.15) is 0 Å². The number of carboxylic acids is 1. The summed E-state index contributed by atoms with van der Waals surface area (Å²) >= 11 is 0. The highest BCUT2D eigenvalue weighted by atomic mass is 32.2. The number of hydrogen-bond donors (Lipinski definition) is 1. The molecule has 0 bridgehead atoms. The molecule has 1 fully saturated rings. The number of nitrogens with zero attached hydrogens (tertiary/aromatic N) is 2. The monoisotopic (exact) mass is 346 g/mol. The van der Waals surface area contributed by atoms with Crippen LogP contribution in [0, 0.1) is 11.3 Å². The van der Waals surface area contributed by atoms with Crippen molar-refractivity contribution in [1.29, 1.82) is 0 Å². The lowest BCUT2D eigenvalue weighted by Crippen LogP contribution is -2.58. The topological polar surface area (TPSA) is 62.1 Å². The van der Waals surface area contributed by atoms with E-state index in [1.165, 1.54) is 7.11 Å². The summed E-state index contributed by atoms with van der Waals surface area (Å²) in [5.74, 6) is -0.748. The van der Waals surface area contributed by atoms with Crippen molar-refractivity contribution in [1.82, 2.24) is 4.47 Å². The molecule has 128 valence electrons. The average Bonchev–Trinajstić information content (AvgIpc) is 2.57. The first-order valence-electron chi connectivity index (χ1n) is 7.91. The Morgan fingerprint density at radius 2 is 2.08 bits per heavy atom. The van der Waals surface area contributed by atoms with Gasteiger partial charge < -0.3 is 5.11 Å². The second-order valence-corrected chi connectivity index (χ2v) is 8.05. The summed E-state index contributed by atoms with van der Waals surface area (Å²) in [6.45, 7) is 4.00. The number of carbonyl (C=O) groups is 1. The zero-order valence-corrected chi connectivity index (χ0v) is 14.9. The van der Waals surface area contributed by atoms with Gasteiger partial charge in [0.25, 0.3) is 0 Å².